The number of fused-ring (bicyclic) bond motifs is 1. The molecule has 0 aliphatic heterocycles. The highest BCUT2D eigenvalue weighted by Crippen LogP contribution is 2.40. The van der Waals surface area contributed by atoms with Crippen LogP contribution >= 0.6 is 0 Å². The lowest BCUT2D eigenvalue weighted by atomic mass is 10.1. The van der Waals surface area contributed by atoms with E-state index < -0.39 is 5.91 Å². The highest BCUT2D eigenvalue weighted by Gasteiger charge is 2.27. The Bertz CT molecular complexity index is 617. The van der Waals surface area contributed by atoms with E-state index in [1.165, 1.54) is 24.6 Å². The lowest BCUT2D eigenvalue weighted by Gasteiger charge is -2.06. The van der Waals surface area contributed by atoms with Crippen LogP contribution in [0.25, 0.3) is 11.0 Å². The summed E-state index contributed by atoms with van der Waals surface area (Å²) in [5, 5.41) is 0.878. The summed E-state index contributed by atoms with van der Waals surface area (Å²) < 4.78 is 0. The van der Waals surface area contributed by atoms with Gasteiger partial charge < -0.3 is 5.73 Å². The molecule has 0 atom stereocenters. The molecular weight excluding hydrogens is 214 g/mol. The molecule has 1 amide bonds. The Hall–Kier alpha value is -1.97. The smallest absolute Gasteiger partial charge is 0.250 e. The van der Waals surface area contributed by atoms with Gasteiger partial charge in [-0.05, 0) is 37.5 Å². The highest BCUT2D eigenvalue weighted by atomic mass is 16.1. The zero-order valence-electron chi connectivity index (χ0n) is 9.60. The number of amides is 1. The Morgan fingerprint density at radius 2 is 2.18 bits per heavy atom. The molecule has 2 aromatic heterocycles. The van der Waals surface area contributed by atoms with Crippen molar-refractivity contribution in [1.29, 1.82) is 0 Å². The van der Waals surface area contributed by atoms with Gasteiger partial charge in [-0.25, -0.2) is 9.97 Å². The van der Waals surface area contributed by atoms with Gasteiger partial charge in [0.05, 0.1) is 5.56 Å². The van der Waals surface area contributed by atoms with Crippen LogP contribution in [0.1, 0.15) is 40.4 Å². The van der Waals surface area contributed by atoms with Crippen molar-refractivity contribution in [3.63, 3.8) is 0 Å². The summed E-state index contributed by atoms with van der Waals surface area (Å²) >= 11 is 0. The third-order valence-corrected chi connectivity index (χ3v) is 3.15. The van der Waals surface area contributed by atoms with Gasteiger partial charge in [0, 0.05) is 23.2 Å². The molecule has 0 unspecified atom stereocenters. The third-order valence-electron chi connectivity index (χ3n) is 3.15. The molecule has 0 bridgehead atoms. The Balaban J connectivity index is 2.18. The fourth-order valence-corrected chi connectivity index (χ4v) is 2.09. The van der Waals surface area contributed by atoms with E-state index in [4.69, 9.17) is 5.73 Å². The van der Waals surface area contributed by atoms with E-state index in [1.807, 2.05) is 6.07 Å². The maximum Gasteiger partial charge on any atom is 0.250 e. The molecule has 0 aromatic carbocycles. The van der Waals surface area contributed by atoms with Crippen LogP contribution in [0.3, 0.4) is 0 Å². The largest absolute Gasteiger partial charge is 0.366 e. The Morgan fingerprint density at radius 3 is 2.82 bits per heavy atom. The van der Waals surface area contributed by atoms with Crippen LogP contribution in [0.15, 0.2) is 18.3 Å². The van der Waals surface area contributed by atoms with E-state index in [2.05, 4.69) is 16.9 Å². The van der Waals surface area contributed by atoms with Crippen molar-refractivity contribution in [2.75, 3.05) is 0 Å². The zero-order valence-corrected chi connectivity index (χ0v) is 9.60. The average molecular weight is 227 g/mol. The first-order chi connectivity index (χ1) is 8.15. The molecule has 1 fully saturated rings. The van der Waals surface area contributed by atoms with Gasteiger partial charge in [0.2, 0.25) is 5.91 Å². The molecule has 0 spiro atoms. The summed E-state index contributed by atoms with van der Waals surface area (Å²) in [6.45, 7) is 2.05. The predicted molar refractivity (Wildman–Crippen MR) is 64.8 cm³/mol. The highest BCUT2D eigenvalue weighted by molar-refractivity contribution is 5.95. The van der Waals surface area contributed by atoms with Gasteiger partial charge in [0.15, 0.2) is 5.65 Å². The van der Waals surface area contributed by atoms with Crippen LogP contribution in [0, 0.1) is 6.92 Å². The van der Waals surface area contributed by atoms with Gasteiger partial charge in [0.1, 0.15) is 0 Å². The molecule has 17 heavy (non-hydrogen) atoms. The minimum Gasteiger partial charge on any atom is -0.366 e. The number of nitrogens with zero attached hydrogens (tertiary/aromatic N) is 2. The summed E-state index contributed by atoms with van der Waals surface area (Å²) in [5.74, 6) is 0.153. The first-order valence-electron chi connectivity index (χ1n) is 5.72. The number of pyridine rings is 2. The number of nitrogens with two attached hydrogens (primary N) is 1. The van der Waals surface area contributed by atoms with Crippen molar-refractivity contribution >= 4 is 16.9 Å². The third kappa shape index (κ3) is 1.75. The molecule has 0 radical (unpaired) electrons. The second kappa shape index (κ2) is 3.52. The van der Waals surface area contributed by atoms with E-state index in [1.54, 1.807) is 6.07 Å². The summed E-state index contributed by atoms with van der Waals surface area (Å²) in [6.07, 6.45) is 3.93. The lowest BCUT2D eigenvalue weighted by Crippen LogP contribution is -2.11. The molecule has 2 aromatic rings. The Labute approximate surface area is 98.9 Å². The van der Waals surface area contributed by atoms with Crippen LogP contribution in [0.5, 0.6) is 0 Å². The van der Waals surface area contributed by atoms with Crippen molar-refractivity contribution in [1.82, 2.24) is 9.97 Å². The first kappa shape index (κ1) is 10.2. The monoisotopic (exact) mass is 227 g/mol. The standard InChI is InChI=1S/C13H13N3O/c1-7-4-9-5-10(12(14)17)6-15-13(9)16-11(7)8-2-3-8/h4-6,8H,2-3H2,1H3,(H2,14,17). The number of hydrogen-bond acceptors (Lipinski definition) is 3. The van der Waals surface area contributed by atoms with Crippen molar-refractivity contribution in [2.24, 2.45) is 5.73 Å². The van der Waals surface area contributed by atoms with Crippen LogP contribution < -0.4 is 5.73 Å². The minimum atomic E-state index is -0.455. The number of hydrogen-bond donors (Lipinski definition) is 1. The van der Waals surface area contributed by atoms with E-state index >= 15 is 0 Å². The molecule has 2 heterocycles. The number of aryl methyl sites for hydroxylation is 1. The van der Waals surface area contributed by atoms with Crippen molar-refractivity contribution in [2.45, 2.75) is 25.7 Å². The lowest BCUT2D eigenvalue weighted by molar-refractivity contribution is 0.1000. The quantitative estimate of drug-likeness (QED) is 0.852. The normalized spacial score (nSPS) is 15.1. The average Bonchev–Trinajstić information content (AvgIpc) is 3.11. The molecule has 2 N–H and O–H groups in total. The van der Waals surface area contributed by atoms with Gasteiger partial charge in [-0.3, -0.25) is 4.79 Å². The Kier molecular flexibility index (Phi) is 2.11. The second-order valence-corrected chi connectivity index (χ2v) is 4.60. The molecule has 1 saturated carbocycles. The van der Waals surface area contributed by atoms with Crippen molar-refractivity contribution in [3.8, 4) is 0 Å². The van der Waals surface area contributed by atoms with Crippen LogP contribution in [-0.2, 0) is 0 Å². The minimum absolute atomic E-state index is 0.429. The van der Waals surface area contributed by atoms with Gasteiger partial charge in [-0.15, -0.1) is 0 Å². The molecule has 4 nitrogen and oxygen atoms in total. The number of carbonyl (C=O) groups is 1. The maximum absolute atomic E-state index is 11.1. The van der Waals surface area contributed by atoms with E-state index in [9.17, 15) is 4.79 Å². The van der Waals surface area contributed by atoms with E-state index in [0.29, 0.717) is 17.1 Å². The zero-order chi connectivity index (χ0) is 12.0. The fourth-order valence-electron chi connectivity index (χ4n) is 2.09. The molecule has 3 rings (SSSR count). The Morgan fingerprint density at radius 1 is 1.41 bits per heavy atom. The number of primary amides is 1. The van der Waals surface area contributed by atoms with Crippen LogP contribution in [-0.4, -0.2) is 15.9 Å². The summed E-state index contributed by atoms with van der Waals surface area (Å²) in [4.78, 5) is 19.9. The maximum atomic E-state index is 11.1. The molecule has 4 heteroatoms. The van der Waals surface area contributed by atoms with Crippen molar-refractivity contribution in [3.05, 3.63) is 35.2 Å². The number of carbonyl (C=O) groups excluding carboxylic acids is 1. The predicted octanol–water partition coefficient (Wildman–Crippen LogP) is 1.91. The van der Waals surface area contributed by atoms with Crippen molar-refractivity contribution < 1.29 is 4.79 Å². The second-order valence-electron chi connectivity index (χ2n) is 4.60. The van der Waals surface area contributed by atoms with Gasteiger partial charge >= 0.3 is 0 Å². The molecule has 1 aliphatic rings. The summed E-state index contributed by atoms with van der Waals surface area (Å²) in [7, 11) is 0. The molecule has 1 aliphatic carbocycles. The topological polar surface area (TPSA) is 68.9 Å². The fraction of sp³-hybridized carbons (Fsp3) is 0.308. The SMILES string of the molecule is Cc1cc2cc(C(N)=O)cnc2nc1C1CC1. The molecule has 0 saturated heterocycles. The number of aromatic nitrogens is 2. The van der Waals surface area contributed by atoms with E-state index in [0.717, 1.165) is 11.1 Å². The molecular formula is C13H13N3O. The summed E-state index contributed by atoms with van der Waals surface area (Å²) in [5.41, 5.74) is 8.68. The van der Waals surface area contributed by atoms with Gasteiger partial charge in [-0.1, -0.05) is 0 Å². The first-order valence-corrected chi connectivity index (χ1v) is 5.72. The van der Waals surface area contributed by atoms with Crippen LogP contribution in [0.2, 0.25) is 0 Å². The van der Waals surface area contributed by atoms with Gasteiger partial charge in [0.25, 0.3) is 0 Å². The van der Waals surface area contributed by atoms with Gasteiger partial charge in [-0.2, -0.15) is 0 Å². The van der Waals surface area contributed by atoms with Crippen LogP contribution in [0.4, 0.5) is 0 Å². The van der Waals surface area contributed by atoms with E-state index in [-0.39, 0.29) is 0 Å². The number of rotatable bonds is 2. The molecule has 86 valence electrons. The summed E-state index contributed by atoms with van der Waals surface area (Å²) in [6, 6.07) is 3.79.